The Balaban J connectivity index is 2.30. The van der Waals surface area contributed by atoms with E-state index in [9.17, 15) is 0 Å². The van der Waals surface area contributed by atoms with E-state index in [1.807, 2.05) is 36.4 Å². The zero-order valence-electron chi connectivity index (χ0n) is 8.65. The molecule has 0 saturated heterocycles. The number of benzene rings is 1. The summed E-state index contributed by atoms with van der Waals surface area (Å²) in [6, 6.07) is 11.3. The molecule has 0 spiro atoms. The van der Waals surface area contributed by atoms with Crippen molar-refractivity contribution >= 4 is 23.1 Å². The second-order valence-electron chi connectivity index (χ2n) is 3.32. The first-order valence-corrected chi connectivity index (χ1v) is 5.34. The Morgan fingerprint density at radius 2 is 2.00 bits per heavy atom. The Morgan fingerprint density at radius 3 is 2.75 bits per heavy atom. The van der Waals surface area contributed by atoms with E-state index in [4.69, 9.17) is 17.3 Å². The van der Waals surface area contributed by atoms with E-state index >= 15 is 0 Å². The van der Waals surface area contributed by atoms with E-state index < -0.39 is 0 Å². The highest BCUT2D eigenvalue weighted by molar-refractivity contribution is 6.33. The van der Waals surface area contributed by atoms with Crippen LogP contribution in [0.15, 0.2) is 42.6 Å². The number of anilines is 2. The van der Waals surface area contributed by atoms with Crippen LogP contribution in [0.25, 0.3) is 0 Å². The van der Waals surface area contributed by atoms with Crippen molar-refractivity contribution in [2.45, 2.75) is 6.54 Å². The van der Waals surface area contributed by atoms with E-state index in [0.29, 0.717) is 11.6 Å². The number of halogens is 1. The van der Waals surface area contributed by atoms with Gasteiger partial charge in [0.25, 0.3) is 0 Å². The van der Waals surface area contributed by atoms with Gasteiger partial charge in [0.2, 0.25) is 0 Å². The van der Waals surface area contributed by atoms with Gasteiger partial charge in [-0.2, -0.15) is 0 Å². The average Bonchev–Trinajstić information content (AvgIpc) is 2.33. The summed E-state index contributed by atoms with van der Waals surface area (Å²) in [4.78, 5) is 4.24. The van der Waals surface area contributed by atoms with Crippen molar-refractivity contribution in [2.24, 2.45) is 5.73 Å². The largest absolute Gasteiger partial charge is 0.339 e. The Hall–Kier alpha value is -1.58. The fourth-order valence-corrected chi connectivity index (χ4v) is 1.59. The van der Waals surface area contributed by atoms with Gasteiger partial charge >= 0.3 is 0 Å². The molecule has 1 aromatic carbocycles. The van der Waals surface area contributed by atoms with Gasteiger partial charge < -0.3 is 11.1 Å². The predicted molar refractivity (Wildman–Crippen MR) is 66.9 cm³/mol. The number of nitrogens with zero attached hydrogens (tertiary/aromatic N) is 1. The Bertz CT molecular complexity index is 485. The van der Waals surface area contributed by atoms with Gasteiger partial charge in [0.15, 0.2) is 0 Å². The predicted octanol–water partition coefficient (Wildman–Crippen LogP) is 2.94. The molecule has 4 heteroatoms. The number of pyridine rings is 1. The number of nitrogens with two attached hydrogens (primary N) is 1. The van der Waals surface area contributed by atoms with E-state index in [0.717, 1.165) is 17.1 Å². The molecule has 1 heterocycles. The van der Waals surface area contributed by atoms with Crippen molar-refractivity contribution in [3.8, 4) is 0 Å². The maximum absolute atomic E-state index is 6.05. The fourth-order valence-electron chi connectivity index (χ4n) is 1.41. The summed E-state index contributed by atoms with van der Waals surface area (Å²) in [7, 11) is 0. The Morgan fingerprint density at radius 1 is 1.19 bits per heavy atom. The highest BCUT2D eigenvalue weighted by Gasteiger charge is 2.03. The van der Waals surface area contributed by atoms with Crippen LogP contribution in [-0.4, -0.2) is 4.98 Å². The van der Waals surface area contributed by atoms with Crippen LogP contribution >= 0.6 is 11.6 Å². The minimum Gasteiger partial charge on any atom is -0.339 e. The third-order valence-corrected chi connectivity index (χ3v) is 2.57. The maximum Gasteiger partial charge on any atom is 0.134 e. The highest BCUT2D eigenvalue weighted by atomic mass is 35.5. The van der Waals surface area contributed by atoms with E-state index in [-0.39, 0.29) is 0 Å². The molecule has 3 nitrogen and oxygen atoms in total. The Kier molecular flexibility index (Phi) is 3.39. The summed E-state index contributed by atoms with van der Waals surface area (Å²) in [5.74, 6) is 0.748. The molecule has 0 aliphatic carbocycles. The lowest BCUT2D eigenvalue weighted by atomic mass is 10.2. The summed E-state index contributed by atoms with van der Waals surface area (Å²) in [6.07, 6.45) is 1.72. The number of rotatable bonds is 3. The van der Waals surface area contributed by atoms with Gasteiger partial charge in [-0.3, -0.25) is 0 Å². The van der Waals surface area contributed by atoms with Crippen LogP contribution in [0.4, 0.5) is 11.5 Å². The van der Waals surface area contributed by atoms with Gasteiger partial charge in [0.05, 0.1) is 10.7 Å². The lowest BCUT2D eigenvalue weighted by Gasteiger charge is -2.10. The maximum atomic E-state index is 6.05. The smallest absolute Gasteiger partial charge is 0.134 e. The fraction of sp³-hybridized carbons (Fsp3) is 0.0833. The zero-order chi connectivity index (χ0) is 11.4. The molecule has 3 N–H and O–H groups in total. The zero-order valence-corrected chi connectivity index (χ0v) is 9.41. The van der Waals surface area contributed by atoms with E-state index in [2.05, 4.69) is 10.3 Å². The third-order valence-electron chi connectivity index (χ3n) is 2.24. The van der Waals surface area contributed by atoms with Gasteiger partial charge in [-0.25, -0.2) is 4.98 Å². The van der Waals surface area contributed by atoms with Crippen molar-refractivity contribution in [3.63, 3.8) is 0 Å². The summed E-state index contributed by atoms with van der Waals surface area (Å²) >= 11 is 6.05. The Labute approximate surface area is 99.3 Å². The lowest BCUT2D eigenvalue weighted by molar-refractivity contribution is 1.05. The summed E-state index contributed by atoms with van der Waals surface area (Å²) < 4.78 is 0. The molecule has 2 aromatic rings. The molecule has 0 bridgehead atoms. The molecule has 0 aliphatic rings. The van der Waals surface area contributed by atoms with Crippen LogP contribution in [0, 0.1) is 0 Å². The first-order valence-electron chi connectivity index (χ1n) is 4.97. The molecule has 0 radical (unpaired) electrons. The van der Waals surface area contributed by atoms with Gasteiger partial charge in [0, 0.05) is 18.3 Å². The molecule has 16 heavy (non-hydrogen) atoms. The highest BCUT2D eigenvalue weighted by Crippen LogP contribution is 2.25. The topological polar surface area (TPSA) is 50.9 Å². The SMILES string of the molecule is NCc1cccnc1Nc1ccccc1Cl. The van der Waals surface area contributed by atoms with E-state index in [1.165, 1.54) is 0 Å². The third kappa shape index (κ3) is 2.32. The van der Waals surface area contributed by atoms with Crippen molar-refractivity contribution in [1.82, 2.24) is 4.98 Å². The second-order valence-corrected chi connectivity index (χ2v) is 3.73. The molecule has 82 valence electrons. The minimum absolute atomic E-state index is 0.445. The molecule has 0 aliphatic heterocycles. The summed E-state index contributed by atoms with van der Waals surface area (Å²) in [5, 5.41) is 3.83. The first kappa shape index (κ1) is 10.9. The molecule has 0 fully saturated rings. The lowest BCUT2D eigenvalue weighted by Crippen LogP contribution is -2.03. The van der Waals surface area contributed by atoms with Crippen LogP contribution in [0.5, 0.6) is 0 Å². The van der Waals surface area contributed by atoms with Crippen LogP contribution < -0.4 is 11.1 Å². The van der Waals surface area contributed by atoms with E-state index in [1.54, 1.807) is 6.20 Å². The van der Waals surface area contributed by atoms with Crippen LogP contribution in [-0.2, 0) is 6.54 Å². The van der Waals surface area contributed by atoms with Gasteiger partial charge in [0.1, 0.15) is 5.82 Å². The molecule has 0 atom stereocenters. The summed E-state index contributed by atoms with van der Waals surface area (Å²) in [6.45, 7) is 0.445. The van der Waals surface area contributed by atoms with Crippen molar-refractivity contribution in [1.29, 1.82) is 0 Å². The summed E-state index contributed by atoms with van der Waals surface area (Å²) in [5.41, 5.74) is 7.42. The molecular formula is C12H12ClN3. The molecule has 2 rings (SSSR count). The van der Waals surface area contributed by atoms with Gasteiger partial charge in [-0.05, 0) is 18.2 Å². The van der Waals surface area contributed by atoms with Crippen molar-refractivity contribution < 1.29 is 0 Å². The standard InChI is InChI=1S/C12H12ClN3/c13-10-5-1-2-6-11(10)16-12-9(8-14)4-3-7-15-12/h1-7H,8,14H2,(H,15,16). The number of aromatic nitrogens is 1. The van der Waals surface area contributed by atoms with Crippen LogP contribution in [0.1, 0.15) is 5.56 Å². The van der Waals surface area contributed by atoms with Crippen LogP contribution in [0.3, 0.4) is 0 Å². The van der Waals surface area contributed by atoms with Crippen LogP contribution in [0.2, 0.25) is 5.02 Å². The number of nitrogens with one attached hydrogen (secondary N) is 1. The normalized spacial score (nSPS) is 10.1. The average molecular weight is 234 g/mol. The van der Waals surface area contributed by atoms with Gasteiger partial charge in [-0.15, -0.1) is 0 Å². The molecule has 0 unspecified atom stereocenters. The minimum atomic E-state index is 0.445. The molecule has 0 saturated carbocycles. The quantitative estimate of drug-likeness (QED) is 0.857. The van der Waals surface area contributed by atoms with Gasteiger partial charge in [-0.1, -0.05) is 29.8 Å². The van der Waals surface area contributed by atoms with Crippen molar-refractivity contribution in [2.75, 3.05) is 5.32 Å². The van der Waals surface area contributed by atoms with Crippen molar-refractivity contribution in [3.05, 3.63) is 53.2 Å². The second kappa shape index (κ2) is 4.96. The monoisotopic (exact) mass is 233 g/mol. The first-order chi connectivity index (χ1) is 7.81. The number of hydrogen-bond donors (Lipinski definition) is 2. The molecule has 1 aromatic heterocycles. The molecular weight excluding hydrogens is 222 g/mol. The number of para-hydroxylation sites is 1. The molecule has 0 amide bonds. The number of hydrogen-bond acceptors (Lipinski definition) is 3.